The predicted octanol–water partition coefficient (Wildman–Crippen LogP) is 3.79. The third kappa shape index (κ3) is 3.93. The molecule has 1 aromatic carbocycles. The Bertz CT molecular complexity index is 542. The van der Waals surface area contributed by atoms with Crippen molar-refractivity contribution in [3.05, 3.63) is 44.9 Å². The standard InChI is InChI=1S/C14H17ClN2OS/c1-3-16-7-11-12(15)5-4-6-13(11)18-8-14-17-10(2)9-19-14/h4-6,9,16H,3,7-8H2,1-2H3. The fourth-order valence-corrected chi connectivity index (χ4v) is 2.62. The lowest BCUT2D eigenvalue weighted by molar-refractivity contribution is 0.301. The molecule has 0 radical (unpaired) electrons. The van der Waals surface area contributed by atoms with Crippen molar-refractivity contribution in [2.75, 3.05) is 6.54 Å². The molecule has 0 bridgehead atoms. The Morgan fingerprint density at radius 3 is 2.95 bits per heavy atom. The van der Waals surface area contributed by atoms with Gasteiger partial charge in [-0.15, -0.1) is 11.3 Å². The number of thiazole rings is 1. The molecule has 1 aromatic heterocycles. The number of aromatic nitrogens is 1. The number of benzene rings is 1. The fourth-order valence-electron chi connectivity index (χ4n) is 1.70. The Morgan fingerprint density at radius 1 is 1.42 bits per heavy atom. The molecule has 0 amide bonds. The second-order valence-corrected chi connectivity index (χ2v) is 5.52. The molecule has 2 rings (SSSR count). The second kappa shape index (κ2) is 6.89. The SMILES string of the molecule is CCNCc1c(Cl)cccc1OCc1nc(C)cs1. The highest BCUT2D eigenvalue weighted by Gasteiger charge is 2.08. The summed E-state index contributed by atoms with van der Waals surface area (Å²) < 4.78 is 5.84. The lowest BCUT2D eigenvalue weighted by Crippen LogP contribution is -2.13. The van der Waals surface area contributed by atoms with E-state index in [0.717, 1.165) is 33.6 Å². The lowest BCUT2D eigenvalue weighted by atomic mass is 10.2. The van der Waals surface area contributed by atoms with E-state index in [4.69, 9.17) is 16.3 Å². The van der Waals surface area contributed by atoms with Crippen LogP contribution in [0.15, 0.2) is 23.6 Å². The van der Waals surface area contributed by atoms with Crippen LogP contribution in [0, 0.1) is 6.92 Å². The molecule has 19 heavy (non-hydrogen) atoms. The van der Waals surface area contributed by atoms with Crippen LogP contribution in [0.3, 0.4) is 0 Å². The molecule has 0 unspecified atom stereocenters. The molecule has 0 saturated heterocycles. The summed E-state index contributed by atoms with van der Waals surface area (Å²) in [4.78, 5) is 4.38. The van der Waals surface area contributed by atoms with Gasteiger partial charge in [0, 0.05) is 28.2 Å². The van der Waals surface area contributed by atoms with Gasteiger partial charge in [0.2, 0.25) is 0 Å². The molecule has 1 N–H and O–H groups in total. The highest BCUT2D eigenvalue weighted by Crippen LogP contribution is 2.27. The van der Waals surface area contributed by atoms with Crippen LogP contribution >= 0.6 is 22.9 Å². The summed E-state index contributed by atoms with van der Waals surface area (Å²) in [6, 6.07) is 5.73. The summed E-state index contributed by atoms with van der Waals surface area (Å²) in [5, 5.41) is 7.00. The molecule has 2 aromatic rings. The Kier molecular flexibility index (Phi) is 5.19. The van der Waals surface area contributed by atoms with Crippen LogP contribution in [-0.2, 0) is 13.2 Å². The van der Waals surface area contributed by atoms with Gasteiger partial charge in [-0.25, -0.2) is 4.98 Å². The largest absolute Gasteiger partial charge is 0.486 e. The van der Waals surface area contributed by atoms with Crippen LogP contribution in [0.1, 0.15) is 23.2 Å². The van der Waals surface area contributed by atoms with Gasteiger partial charge in [-0.05, 0) is 25.6 Å². The second-order valence-electron chi connectivity index (χ2n) is 4.17. The molecule has 3 nitrogen and oxygen atoms in total. The molecule has 0 saturated carbocycles. The van der Waals surface area contributed by atoms with Crippen molar-refractivity contribution < 1.29 is 4.74 Å². The number of ether oxygens (including phenoxy) is 1. The number of hydrogen-bond acceptors (Lipinski definition) is 4. The number of nitrogens with one attached hydrogen (secondary N) is 1. The van der Waals surface area contributed by atoms with Crippen LogP contribution in [0.25, 0.3) is 0 Å². The van der Waals surface area contributed by atoms with Crippen LogP contribution in [0.2, 0.25) is 5.02 Å². The average molecular weight is 297 g/mol. The minimum absolute atomic E-state index is 0.484. The topological polar surface area (TPSA) is 34.1 Å². The summed E-state index contributed by atoms with van der Waals surface area (Å²) in [5.74, 6) is 0.821. The van der Waals surface area contributed by atoms with E-state index in [9.17, 15) is 0 Å². The van der Waals surface area contributed by atoms with Gasteiger partial charge < -0.3 is 10.1 Å². The van der Waals surface area contributed by atoms with E-state index in [-0.39, 0.29) is 0 Å². The zero-order chi connectivity index (χ0) is 13.7. The summed E-state index contributed by atoms with van der Waals surface area (Å²) in [6.45, 7) is 6.14. The first-order valence-corrected chi connectivity index (χ1v) is 7.48. The summed E-state index contributed by atoms with van der Waals surface area (Å²) >= 11 is 7.83. The van der Waals surface area contributed by atoms with Crippen LogP contribution < -0.4 is 10.1 Å². The molecule has 0 aliphatic carbocycles. The van der Waals surface area contributed by atoms with Crippen molar-refractivity contribution in [3.8, 4) is 5.75 Å². The predicted molar refractivity (Wildman–Crippen MR) is 80.0 cm³/mol. The molecule has 0 aliphatic rings. The van der Waals surface area contributed by atoms with Gasteiger partial charge in [-0.1, -0.05) is 24.6 Å². The first-order valence-electron chi connectivity index (χ1n) is 6.22. The van der Waals surface area contributed by atoms with E-state index in [1.165, 1.54) is 0 Å². The maximum atomic E-state index is 6.22. The van der Waals surface area contributed by atoms with Crippen molar-refractivity contribution in [2.45, 2.75) is 27.0 Å². The monoisotopic (exact) mass is 296 g/mol. The average Bonchev–Trinajstić information content (AvgIpc) is 2.81. The molecule has 1 heterocycles. The van der Waals surface area contributed by atoms with E-state index < -0.39 is 0 Å². The quantitative estimate of drug-likeness (QED) is 0.880. The van der Waals surface area contributed by atoms with Gasteiger partial charge in [0.05, 0.1) is 0 Å². The maximum absolute atomic E-state index is 6.22. The third-order valence-corrected chi connectivity index (χ3v) is 3.94. The van der Waals surface area contributed by atoms with E-state index >= 15 is 0 Å². The fraction of sp³-hybridized carbons (Fsp3) is 0.357. The van der Waals surface area contributed by atoms with E-state index in [1.54, 1.807) is 11.3 Å². The van der Waals surface area contributed by atoms with Crippen LogP contribution in [-0.4, -0.2) is 11.5 Å². The number of rotatable bonds is 6. The van der Waals surface area contributed by atoms with Crippen molar-refractivity contribution in [3.63, 3.8) is 0 Å². The minimum Gasteiger partial charge on any atom is -0.486 e. The molecule has 0 atom stereocenters. The Morgan fingerprint density at radius 2 is 2.26 bits per heavy atom. The Labute approximate surface area is 122 Å². The molecule has 102 valence electrons. The number of hydrogen-bond donors (Lipinski definition) is 1. The number of nitrogens with zero attached hydrogens (tertiary/aromatic N) is 1. The van der Waals surface area contributed by atoms with E-state index in [2.05, 4.69) is 17.2 Å². The van der Waals surface area contributed by atoms with Crippen LogP contribution in [0.4, 0.5) is 0 Å². The zero-order valence-corrected chi connectivity index (χ0v) is 12.6. The van der Waals surface area contributed by atoms with Gasteiger partial charge in [0.15, 0.2) is 0 Å². The minimum atomic E-state index is 0.484. The van der Waals surface area contributed by atoms with Crippen molar-refractivity contribution in [1.82, 2.24) is 10.3 Å². The summed E-state index contributed by atoms with van der Waals surface area (Å²) in [6.07, 6.45) is 0. The molecular weight excluding hydrogens is 280 g/mol. The highest BCUT2D eigenvalue weighted by molar-refractivity contribution is 7.09. The summed E-state index contributed by atoms with van der Waals surface area (Å²) in [7, 11) is 0. The zero-order valence-electron chi connectivity index (χ0n) is 11.1. The Balaban J connectivity index is 2.08. The van der Waals surface area contributed by atoms with Gasteiger partial charge in [-0.2, -0.15) is 0 Å². The Hall–Kier alpha value is -1.10. The van der Waals surface area contributed by atoms with Crippen molar-refractivity contribution >= 4 is 22.9 Å². The van der Waals surface area contributed by atoms with Crippen LogP contribution in [0.5, 0.6) is 5.75 Å². The highest BCUT2D eigenvalue weighted by atomic mass is 35.5. The van der Waals surface area contributed by atoms with Gasteiger partial charge in [0.1, 0.15) is 17.4 Å². The lowest BCUT2D eigenvalue weighted by Gasteiger charge is -2.12. The van der Waals surface area contributed by atoms with E-state index in [0.29, 0.717) is 13.2 Å². The van der Waals surface area contributed by atoms with Gasteiger partial charge in [0.25, 0.3) is 0 Å². The van der Waals surface area contributed by atoms with Gasteiger partial charge in [-0.3, -0.25) is 0 Å². The first-order chi connectivity index (χ1) is 9.20. The molecule has 0 aliphatic heterocycles. The molecule has 5 heteroatoms. The van der Waals surface area contributed by atoms with E-state index in [1.807, 2.05) is 30.5 Å². The molecular formula is C14H17ClN2OS. The van der Waals surface area contributed by atoms with Gasteiger partial charge >= 0.3 is 0 Å². The number of aryl methyl sites for hydroxylation is 1. The summed E-state index contributed by atoms with van der Waals surface area (Å²) in [5.41, 5.74) is 2.03. The maximum Gasteiger partial charge on any atom is 0.140 e. The molecule has 0 fully saturated rings. The van der Waals surface area contributed by atoms with Crippen molar-refractivity contribution in [2.24, 2.45) is 0 Å². The number of halogens is 1. The van der Waals surface area contributed by atoms with Crippen molar-refractivity contribution in [1.29, 1.82) is 0 Å². The third-order valence-electron chi connectivity index (χ3n) is 2.65. The molecule has 0 spiro atoms. The smallest absolute Gasteiger partial charge is 0.140 e. The first kappa shape index (κ1) is 14.3. The normalized spacial score (nSPS) is 10.7.